The van der Waals surface area contributed by atoms with Gasteiger partial charge in [0.25, 0.3) is 0 Å². The average Bonchev–Trinajstić information content (AvgIpc) is 2.19. The lowest BCUT2D eigenvalue weighted by atomic mass is 10.5. The summed E-state index contributed by atoms with van der Waals surface area (Å²) in [7, 11) is 0. The largest absolute Gasteiger partial charge is 0.395 e. The summed E-state index contributed by atoms with van der Waals surface area (Å²) in [5.41, 5.74) is 0. The smallest absolute Gasteiger partial charge is 0.225 e. The Labute approximate surface area is 76.7 Å². The number of aliphatic hydroxyl groups is 2. The van der Waals surface area contributed by atoms with Crippen LogP contribution in [0.5, 0.6) is 0 Å². The van der Waals surface area contributed by atoms with E-state index in [-0.39, 0.29) is 13.2 Å². The van der Waals surface area contributed by atoms with E-state index in [0.29, 0.717) is 19.0 Å². The Balaban J connectivity index is 2.64. The zero-order chi connectivity index (χ0) is 9.52. The van der Waals surface area contributed by atoms with Crippen LogP contribution in [0.25, 0.3) is 0 Å². The van der Waals surface area contributed by atoms with Gasteiger partial charge >= 0.3 is 0 Å². The third kappa shape index (κ3) is 2.96. The molecular weight excluding hydrogens is 170 g/mol. The van der Waals surface area contributed by atoms with Gasteiger partial charge in [0.15, 0.2) is 0 Å². The molecule has 0 bridgehead atoms. The lowest BCUT2D eigenvalue weighted by Crippen LogP contribution is -2.31. The Morgan fingerprint density at radius 3 is 2.08 bits per heavy atom. The molecule has 0 saturated heterocycles. The average molecular weight is 183 g/mol. The predicted molar refractivity (Wildman–Crippen MR) is 48.4 cm³/mol. The van der Waals surface area contributed by atoms with Crippen LogP contribution in [0.4, 0.5) is 5.95 Å². The molecule has 5 heteroatoms. The van der Waals surface area contributed by atoms with E-state index in [1.165, 1.54) is 0 Å². The highest BCUT2D eigenvalue weighted by atomic mass is 16.3. The van der Waals surface area contributed by atoms with E-state index in [1.54, 1.807) is 23.4 Å². The molecule has 0 aromatic carbocycles. The van der Waals surface area contributed by atoms with E-state index in [1.807, 2.05) is 0 Å². The van der Waals surface area contributed by atoms with Crippen LogP contribution in [0.2, 0.25) is 0 Å². The predicted octanol–water partition coefficient (Wildman–Crippen LogP) is -0.732. The van der Waals surface area contributed by atoms with Gasteiger partial charge in [0.1, 0.15) is 0 Å². The van der Waals surface area contributed by atoms with Gasteiger partial charge in [-0.25, -0.2) is 9.97 Å². The summed E-state index contributed by atoms with van der Waals surface area (Å²) in [6, 6.07) is 1.72. The Morgan fingerprint density at radius 1 is 1.08 bits per heavy atom. The molecule has 0 aliphatic rings. The SMILES string of the molecule is OCCN(CCO)c1ncccn1. The number of nitrogens with zero attached hydrogens (tertiary/aromatic N) is 3. The number of aliphatic hydroxyl groups excluding tert-OH is 2. The van der Waals surface area contributed by atoms with Crippen LogP contribution in [-0.4, -0.2) is 46.5 Å². The van der Waals surface area contributed by atoms with E-state index in [0.717, 1.165) is 0 Å². The van der Waals surface area contributed by atoms with Crippen LogP contribution in [0, 0.1) is 0 Å². The first-order valence-electron chi connectivity index (χ1n) is 4.12. The van der Waals surface area contributed by atoms with Gasteiger partial charge in [-0.2, -0.15) is 0 Å². The van der Waals surface area contributed by atoms with Crippen molar-refractivity contribution in [3.8, 4) is 0 Å². The summed E-state index contributed by atoms with van der Waals surface area (Å²) in [6.45, 7) is 0.922. The van der Waals surface area contributed by atoms with Gasteiger partial charge in [-0.3, -0.25) is 0 Å². The van der Waals surface area contributed by atoms with Gasteiger partial charge in [-0.1, -0.05) is 0 Å². The monoisotopic (exact) mass is 183 g/mol. The van der Waals surface area contributed by atoms with Crippen LogP contribution in [0.15, 0.2) is 18.5 Å². The molecule has 0 unspecified atom stereocenters. The molecule has 0 amide bonds. The Morgan fingerprint density at radius 2 is 1.62 bits per heavy atom. The standard InChI is InChI=1S/C8H13N3O2/c12-6-4-11(5-7-13)8-9-2-1-3-10-8/h1-3,12-13H,4-7H2. The Kier molecular flexibility index (Phi) is 4.14. The first-order valence-corrected chi connectivity index (χ1v) is 4.12. The van der Waals surface area contributed by atoms with Gasteiger partial charge in [-0.05, 0) is 6.07 Å². The topological polar surface area (TPSA) is 69.5 Å². The maximum atomic E-state index is 8.75. The van der Waals surface area contributed by atoms with E-state index < -0.39 is 0 Å². The summed E-state index contributed by atoms with van der Waals surface area (Å²) in [4.78, 5) is 9.74. The molecule has 0 spiro atoms. The molecule has 0 aliphatic carbocycles. The lowest BCUT2D eigenvalue weighted by molar-refractivity contribution is 0.280. The minimum absolute atomic E-state index is 0.0260. The minimum Gasteiger partial charge on any atom is -0.395 e. The quantitative estimate of drug-likeness (QED) is 0.629. The highest BCUT2D eigenvalue weighted by Gasteiger charge is 2.06. The van der Waals surface area contributed by atoms with E-state index >= 15 is 0 Å². The zero-order valence-electron chi connectivity index (χ0n) is 7.30. The van der Waals surface area contributed by atoms with Crippen molar-refractivity contribution in [1.82, 2.24) is 9.97 Å². The normalized spacial score (nSPS) is 10.0. The molecule has 1 aromatic heterocycles. The van der Waals surface area contributed by atoms with Gasteiger partial charge < -0.3 is 15.1 Å². The van der Waals surface area contributed by atoms with Crippen molar-refractivity contribution in [2.24, 2.45) is 0 Å². The van der Waals surface area contributed by atoms with E-state index in [2.05, 4.69) is 9.97 Å². The van der Waals surface area contributed by atoms with Crippen LogP contribution in [0.1, 0.15) is 0 Å². The second kappa shape index (κ2) is 5.45. The highest BCUT2D eigenvalue weighted by Crippen LogP contribution is 2.02. The van der Waals surface area contributed by atoms with Crippen molar-refractivity contribution in [2.75, 3.05) is 31.2 Å². The molecule has 0 atom stereocenters. The number of rotatable bonds is 5. The third-order valence-electron chi connectivity index (χ3n) is 1.57. The zero-order valence-corrected chi connectivity index (χ0v) is 7.30. The van der Waals surface area contributed by atoms with Crippen molar-refractivity contribution in [3.63, 3.8) is 0 Å². The molecule has 72 valence electrons. The van der Waals surface area contributed by atoms with Crippen molar-refractivity contribution < 1.29 is 10.2 Å². The molecule has 2 N–H and O–H groups in total. The fraction of sp³-hybridized carbons (Fsp3) is 0.500. The molecule has 1 rings (SSSR count). The Bertz CT molecular complexity index is 224. The van der Waals surface area contributed by atoms with E-state index in [4.69, 9.17) is 10.2 Å². The van der Waals surface area contributed by atoms with Gasteiger partial charge in [0.2, 0.25) is 5.95 Å². The second-order valence-electron chi connectivity index (χ2n) is 2.48. The fourth-order valence-corrected chi connectivity index (χ4v) is 1.01. The van der Waals surface area contributed by atoms with Crippen LogP contribution < -0.4 is 4.90 Å². The molecule has 13 heavy (non-hydrogen) atoms. The molecule has 1 heterocycles. The summed E-state index contributed by atoms with van der Waals surface area (Å²) < 4.78 is 0. The summed E-state index contributed by atoms with van der Waals surface area (Å²) in [5.74, 6) is 0.533. The lowest BCUT2D eigenvalue weighted by Gasteiger charge is -2.19. The van der Waals surface area contributed by atoms with Crippen molar-refractivity contribution in [2.45, 2.75) is 0 Å². The summed E-state index contributed by atoms with van der Waals surface area (Å²) in [5, 5.41) is 17.5. The molecule has 1 aromatic rings. The van der Waals surface area contributed by atoms with Gasteiger partial charge in [0, 0.05) is 25.5 Å². The molecule has 5 nitrogen and oxygen atoms in total. The van der Waals surface area contributed by atoms with E-state index in [9.17, 15) is 0 Å². The number of aromatic nitrogens is 2. The van der Waals surface area contributed by atoms with Crippen molar-refractivity contribution in [3.05, 3.63) is 18.5 Å². The van der Waals surface area contributed by atoms with Crippen LogP contribution in [0.3, 0.4) is 0 Å². The fourth-order valence-electron chi connectivity index (χ4n) is 1.01. The highest BCUT2D eigenvalue weighted by molar-refractivity contribution is 5.27. The van der Waals surface area contributed by atoms with Crippen LogP contribution >= 0.6 is 0 Å². The first kappa shape index (κ1) is 9.88. The maximum absolute atomic E-state index is 8.75. The van der Waals surface area contributed by atoms with Crippen LogP contribution in [-0.2, 0) is 0 Å². The minimum atomic E-state index is 0.0260. The molecular formula is C8H13N3O2. The van der Waals surface area contributed by atoms with Crippen molar-refractivity contribution >= 4 is 5.95 Å². The van der Waals surface area contributed by atoms with Crippen molar-refractivity contribution in [1.29, 1.82) is 0 Å². The van der Waals surface area contributed by atoms with Gasteiger partial charge in [-0.15, -0.1) is 0 Å². The maximum Gasteiger partial charge on any atom is 0.225 e. The molecule has 0 aliphatic heterocycles. The second-order valence-corrected chi connectivity index (χ2v) is 2.48. The van der Waals surface area contributed by atoms with Gasteiger partial charge in [0.05, 0.1) is 13.2 Å². The molecule has 0 fully saturated rings. The third-order valence-corrected chi connectivity index (χ3v) is 1.57. The summed E-state index contributed by atoms with van der Waals surface area (Å²) >= 11 is 0. The molecule has 0 saturated carbocycles. The number of hydrogen-bond donors (Lipinski definition) is 2. The summed E-state index contributed by atoms with van der Waals surface area (Å²) in [6.07, 6.45) is 3.26. The number of anilines is 1. The molecule has 0 radical (unpaired) electrons. The number of hydrogen-bond acceptors (Lipinski definition) is 5. The first-order chi connectivity index (χ1) is 6.38. The Hall–Kier alpha value is -1.20.